The topological polar surface area (TPSA) is 67.8 Å². The van der Waals surface area contributed by atoms with Gasteiger partial charge in [-0.1, -0.05) is 18.7 Å². The molecule has 0 saturated heterocycles. The van der Waals surface area contributed by atoms with Gasteiger partial charge in [0, 0.05) is 24.2 Å². The molecule has 1 aromatic carbocycles. The lowest BCUT2D eigenvalue weighted by Gasteiger charge is -2.06. The van der Waals surface area contributed by atoms with Crippen molar-refractivity contribution in [1.29, 1.82) is 0 Å². The van der Waals surface area contributed by atoms with E-state index in [1.165, 1.54) is 11.8 Å². The molecule has 0 aliphatic carbocycles. The SMILES string of the molecule is CCCOc1ccc(C(=O)CCC(=O)NC2=NCCS2)cc1. The first-order chi connectivity index (χ1) is 10.7. The van der Waals surface area contributed by atoms with Crippen molar-refractivity contribution in [2.24, 2.45) is 4.99 Å². The van der Waals surface area contributed by atoms with Crippen LogP contribution in [0.15, 0.2) is 29.3 Å². The average molecular weight is 320 g/mol. The molecule has 1 heterocycles. The lowest BCUT2D eigenvalue weighted by molar-refractivity contribution is -0.119. The largest absolute Gasteiger partial charge is 0.494 e. The van der Waals surface area contributed by atoms with Gasteiger partial charge >= 0.3 is 0 Å². The molecule has 6 heteroatoms. The predicted octanol–water partition coefficient (Wildman–Crippen LogP) is 2.66. The quantitative estimate of drug-likeness (QED) is 0.784. The highest BCUT2D eigenvalue weighted by atomic mass is 32.2. The highest BCUT2D eigenvalue weighted by molar-refractivity contribution is 8.14. The number of ketones is 1. The van der Waals surface area contributed by atoms with Crippen LogP contribution in [0.5, 0.6) is 5.75 Å². The maximum absolute atomic E-state index is 12.1. The molecule has 5 nitrogen and oxygen atoms in total. The van der Waals surface area contributed by atoms with Crippen molar-refractivity contribution in [2.75, 3.05) is 18.9 Å². The Morgan fingerprint density at radius 1 is 1.27 bits per heavy atom. The molecule has 0 aromatic heterocycles. The van der Waals surface area contributed by atoms with Gasteiger partial charge in [0.25, 0.3) is 0 Å². The van der Waals surface area contributed by atoms with Crippen molar-refractivity contribution in [1.82, 2.24) is 5.32 Å². The molecule has 0 spiro atoms. The predicted molar refractivity (Wildman–Crippen MR) is 88.7 cm³/mol. The summed E-state index contributed by atoms with van der Waals surface area (Å²) in [6, 6.07) is 7.05. The number of carbonyl (C=O) groups excluding carboxylic acids is 2. The van der Waals surface area contributed by atoms with Gasteiger partial charge in [-0.3, -0.25) is 14.6 Å². The molecule has 0 radical (unpaired) electrons. The van der Waals surface area contributed by atoms with Crippen molar-refractivity contribution in [3.8, 4) is 5.75 Å². The summed E-state index contributed by atoms with van der Waals surface area (Å²) in [5, 5.41) is 3.38. The highest BCUT2D eigenvalue weighted by Gasteiger charge is 2.13. The summed E-state index contributed by atoms with van der Waals surface area (Å²) in [6.45, 7) is 3.44. The fourth-order valence-electron chi connectivity index (χ4n) is 1.92. The molecule has 0 atom stereocenters. The van der Waals surface area contributed by atoms with Gasteiger partial charge in [0.2, 0.25) is 5.91 Å². The summed E-state index contributed by atoms with van der Waals surface area (Å²) in [7, 11) is 0. The first-order valence-electron chi connectivity index (χ1n) is 7.42. The molecular formula is C16H20N2O3S. The third kappa shape index (κ3) is 5.18. The van der Waals surface area contributed by atoms with Crippen molar-refractivity contribution >= 4 is 28.6 Å². The third-order valence-electron chi connectivity index (χ3n) is 3.06. The smallest absolute Gasteiger partial charge is 0.226 e. The average Bonchev–Trinajstić information content (AvgIpc) is 3.04. The number of ether oxygens (including phenoxy) is 1. The molecule has 1 aliphatic heterocycles. The Morgan fingerprint density at radius 2 is 2.05 bits per heavy atom. The van der Waals surface area contributed by atoms with Gasteiger partial charge in [0.1, 0.15) is 5.75 Å². The fraction of sp³-hybridized carbons (Fsp3) is 0.438. The van der Waals surface area contributed by atoms with Crippen LogP contribution in [0.3, 0.4) is 0 Å². The highest BCUT2D eigenvalue weighted by Crippen LogP contribution is 2.14. The summed E-state index contributed by atoms with van der Waals surface area (Å²) < 4.78 is 5.47. The molecule has 22 heavy (non-hydrogen) atoms. The van der Waals surface area contributed by atoms with Crippen LogP contribution in [0.25, 0.3) is 0 Å². The van der Waals surface area contributed by atoms with Gasteiger partial charge in [0.15, 0.2) is 11.0 Å². The normalized spacial score (nSPS) is 13.6. The number of amidine groups is 1. The zero-order valence-corrected chi connectivity index (χ0v) is 13.4. The lowest BCUT2D eigenvalue weighted by Crippen LogP contribution is -2.27. The number of thioether (sulfide) groups is 1. The number of carbonyl (C=O) groups is 2. The van der Waals surface area contributed by atoms with Crippen LogP contribution in [0.2, 0.25) is 0 Å². The van der Waals surface area contributed by atoms with E-state index in [9.17, 15) is 9.59 Å². The molecule has 0 unspecified atom stereocenters. The zero-order valence-electron chi connectivity index (χ0n) is 12.6. The Morgan fingerprint density at radius 3 is 2.68 bits per heavy atom. The van der Waals surface area contributed by atoms with E-state index in [-0.39, 0.29) is 24.5 Å². The Kier molecular flexibility index (Phi) is 6.45. The zero-order chi connectivity index (χ0) is 15.8. The number of hydrogen-bond donors (Lipinski definition) is 1. The maximum atomic E-state index is 12.1. The minimum Gasteiger partial charge on any atom is -0.494 e. The van der Waals surface area contributed by atoms with E-state index in [0.29, 0.717) is 17.3 Å². The summed E-state index contributed by atoms with van der Waals surface area (Å²) in [6.07, 6.45) is 1.31. The molecular weight excluding hydrogens is 300 g/mol. The molecule has 1 aliphatic rings. The summed E-state index contributed by atoms with van der Waals surface area (Å²) >= 11 is 1.53. The maximum Gasteiger partial charge on any atom is 0.226 e. The van der Waals surface area contributed by atoms with Crippen molar-refractivity contribution in [3.05, 3.63) is 29.8 Å². The van der Waals surface area contributed by atoms with E-state index in [1.54, 1.807) is 24.3 Å². The summed E-state index contributed by atoms with van der Waals surface area (Å²) in [4.78, 5) is 27.9. The van der Waals surface area contributed by atoms with Gasteiger partial charge in [-0.15, -0.1) is 0 Å². The first kappa shape index (κ1) is 16.5. The minimum atomic E-state index is -0.163. The molecule has 118 valence electrons. The van der Waals surface area contributed by atoms with E-state index in [1.807, 2.05) is 6.92 Å². The van der Waals surface area contributed by atoms with E-state index < -0.39 is 0 Å². The number of nitrogens with zero attached hydrogens (tertiary/aromatic N) is 1. The molecule has 0 fully saturated rings. The Balaban J connectivity index is 1.77. The van der Waals surface area contributed by atoms with Crippen LogP contribution in [-0.4, -0.2) is 35.8 Å². The number of Topliss-reactive ketones (excluding diaryl/α,β-unsaturated/α-hetero) is 1. The minimum absolute atomic E-state index is 0.0433. The van der Waals surface area contributed by atoms with E-state index in [4.69, 9.17) is 4.74 Å². The Labute approximate surface area is 134 Å². The second kappa shape index (κ2) is 8.58. The number of nitrogens with one attached hydrogen (secondary N) is 1. The number of hydrogen-bond acceptors (Lipinski definition) is 5. The lowest BCUT2D eigenvalue weighted by atomic mass is 10.1. The van der Waals surface area contributed by atoms with Crippen LogP contribution in [0, 0.1) is 0 Å². The van der Waals surface area contributed by atoms with E-state index in [2.05, 4.69) is 10.3 Å². The second-order valence-electron chi connectivity index (χ2n) is 4.88. The molecule has 0 bridgehead atoms. The van der Waals surface area contributed by atoms with Crippen LogP contribution < -0.4 is 10.1 Å². The van der Waals surface area contributed by atoms with Gasteiger partial charge in [0.05, 0.1) is 13.2 Å². The fourth-order valence-corrected chi connectivity index (χ4v) is 2.67. The van der Waals surface area contributed by atoms with Crippen molar-refractivity contribution < 1.29 is 14.3 Å². The van der Waals surface area contributed by atoms with Crippen LogP contribution in [0.4, 0.5) is 0 Å². The Hall–Kier alpha value is -1.82. The molecule has 1 amide bonds. The van der Waals surface area contributed by atoms with Crippen LogP contribution >= 0.6 is 11.8 Å². The first-order valence-corrected chi connectivity index (χ1v) is 8.40. The Bertz CT molecular complexity index is 555. The molecule has 2 rings (SSSR count). The van der Waals surface area contributed by atoms with Gasteiger partial charge in [-0.05, 0) is 30.7 Å². The monoisotopic (exact) mass is 320 g/mol. The summed E-state index contributed by atoms with van der Waals surface area (Å²) in [5.41, 5.74) is 0.601. The van der Waals surface area contributed by atoms with Crippen molar-refractivity contribution in [2.45, 2.75) is 26.2 Å². The van der Waals surface area contributed by atoms with Gasteiger partial charge in [-0.25, -0.2) is 0 Å². The van der Waals surface area contributed by atoms with Gasteiger partial charge < -0.3 is 10.1 Å². The number of benzene rings is 1. The number of rotatable bonds is 7. The number of aliphatic imine (C=N–C) groups is 1. The van der Waals surface area contributed by atoms with E-state index in [0.717, 1.165) is 24.5 Å². The number of amides is 1. The van der Waals surface area contributed by atoms with E-state index >= 15 is 0 Å². The third-order valence-corrected chi connectivity index (χ3v) is 3.95. The van der Waals surface area contributed by atoms with Crippen molar-refractivity contribution in [3.63, 3.8) is 0 Å². The molecule has 1 aromatic rings. The standard InChI is InChI=1S/C16H20N2O3S/c1-2-10-21-13-5-3-12(4-6-13)14(19)7-8-15(20)18-16-17-9-11-22-16/h3-6H,2,7-11H2,1H3,(H,17,18,20). The second-order valence-corrected chi connectivity index (χ2v) is 5.96. The van der Waals surface area contributed by atoms with Crippen LogP contribution in [-0.2, 0) is 4.79 Å². The van der Waals surface area contributed by atoms with Crippen LogP contribution in [0.1, 0.15) is 36.5 Å². The molecule has 0 saturated carbocycles. The summed E-state index contributed by atoms with van der Waals surface area (Å²) in [5.74, 6) is 1.45. The molecule has 1 N–H and O–H groups in total. The van der Waals surface area contributed by atoms with Gasteiger partial charge in [-0.2, -0.15) is 0 Å².